The van der Waals surface area contributed by atoms with E-state index in [2.05, 4.69) is 0 Å². The van der Waals surface area contributed by atoms with Gasteiger partial charge in [0.2, 0.25) is 0 Å². The highest BCUT2D eigenvalue weighted by atomic mass is 16.5. The van der Waals surface area contributed by atoms with Crippen LogP contribution in [0.1, 0.15) is 41.6 Å². The molecule has 2 unspecified atom stereocenters. The van der Waals surface area contributed by atoms with E-state index in [1.807, 2.05) is 18.2 Å². The van der Waals surface area contributed by atoms with Gasteiger partial charge in [-0.25, -0.2) is 0 Å². The van der Waals surface area contributed by atoms with E-state index in [-0.39, 0.29) is 18.0 Å². The van der Waals surface area contributed by atoms with Crippen LogP contribution in [0, 0.1) is 0 Å². The number of fused-ring (bicyclic) bond motifs is 1. The molecule has 0 bridgehead atoms. The number of rotatable bonds is 2. The molecule has 1 N–H and O–H groups in total. The summed E-state index contributed by atoms with van der Waals surface area (Å²) in [5, 5.41) is 9.76. The largest absolute Gasteiger partial charge is 0.487 e. The van der Waals surface area contributed by atoms with Crippen molar-refractivity contribution in [1.29, 1.82) is 0 Å². The molecule has 90 valence electrons. The van der Waals surface area contributed by atoms with E-state index in [1.54, 1.807) is 0 Å². The van der Waals surface area contributed by atoms with Crippen molar-refractivity contribution in [2.24, 2.45) is 0 Å². The van der Waals surface area contributed by atoms with E-state index in [9.17, 15) is 9.90 Å². The zero-order valence-corrected chi connectivity index (χ0v) is 9.69. The van der Waals surface area contributed by atoms with Gasteiger partial charge >= 0.3 is 0 Å². The van der Waals surface area contributed by atoms with Crippen molar-refractivity contribution < 1.29 is 14.6 Å². The first-order valence-electron chi connectivity index (χ1n) is 6.25. The molecule has 0 spiro atoms. The van der Waals surface area contributed by atoms with Crippen molar-refractivity contribution in [2.45, 2.75) is 44.3 Å². The Balaban J connectivity index is 1.87. The van der Waals surface area contributed by atoms with Gasteiger partial charge < -0.3 is 9.84 Å². The average molecular weight is 232 g/mol. The number of ether oxygens (including phenoxy) is 1. The molecule has 1 aromatic rings. The lowest BCUT2D eigenvalue weighted by atomic mass is 10.1. The topological polar surface area (TPSA) is 46.5 Å². The second-order valence-electron chi connectivity index (χ2n) is 4.86. The SMILES string of the molecule is O=C1CCc2c(OC3CCCC3O)cccc21. The number of hydrogen-bond donors (Lipinski definition) is 1. The van der Waals surface area contributed by atoms with Crippen molar-refractivity contribution in [3.8, 4) is 5.75 Å². The van der Waals surface area contributed by atoms with Gasteiger partial charge in [-0.05, 0) is 31.7 Å². The number of aliphatic hydroxyl groups is 1. The molecule has 3 nitrogen and oxygen atoms in total. The number of aliphatic hydroxyl groups excluding tert-OH is 1. The predicted molar refractivity (Wildman–Crippen MR) is 63.4 cm³/mol. The molecule has 17 heavy (non-hydrogen) atoms. The number of hydrogen-bond acceptors (Lipinski definition) is 3. The van der Waals surface area contributed by atoms with Crippen LogP contribution < -0.4 is 4.74 Å². The van der Waals surface area contributed by atoms with E-state index < -0.39 is 0 Å². The van der Waals surface area contributed by atoms with Crippen molar-refractivity contribution in [3.63, 3.8) is 0 Å². The highest BCUT2D eigenvalue weighted by Crippen LogP contribution is 2.33. The van der Waals surface area contributed by atoms with Crippen LogP contribution in [0.2, 0.25) is 0 Å². The second kappa shape index (κ2) is 4.15. The minimum Gasteiger partial charge on any atom is -0.487 e. The van der Waals surface area contributed by atoms with Gasteiger partial charge in [-0.1, -0.05) is 12.1 Å². The normalized spacial score (nSPS) is 27.2. The lowest BCUT2D eigenvalue weighted by molar-refractivity contribution is 0.0598. The molecule has 0 amide bonds. The smallest absolute Gasteiger partial charge is 0.163 e. The van der Waals surface area contributed by atoms with Gasteiger partial charge in [-0.2, -0.15) is 0 Å². The van der Waals surface area contributed by atoms with Gasteiger partial charge in [0.05, 0.1) is 6.10 Å². The first-order valence-corrected chi connectivity index (χ1v) is 6.25. The van der Waals surface area contributed by atoms with Crippen LogP contribution >= 0.6 is 0 Å². The van der Waals surface area contributed by atoms with Gasteiger partial charge in [0.15, 0.2) is 5.78 Å². The van der Waals surface area contributed by atoms with Crippen molar-refractivity contribution in [3.05, 3.63) is 29.3 Å². The number of carbonyl (C=O) groups is 1. The highest BCUT2D eigenvalue weighted by molar-refractivity contribution is 6.01. The molecule has 0 saturated heterocycles. The number of benzene rings is 1. The third kappa shape index (κ3) is 1.84. The van der Waals surface area contributed by atoms with E-state index in [1.165, 1.54) is 0 Å². The average Bonchev–Trinajstić information content (AvgIpc) is 2.89. The first kappa shape index (κ1) is 10.8. The number of carbonyl (C=O) groups excluding carboxylic acids is 1. The maximum atomic E-state index is 11.6. The van der Waals surface area contributed by atoms with Gasteiger partial charge in [0, 0.05) is 17.5 Å². The summed E-state index contributed by atoms with van der Waals surface area (Å²) in [6, 6.07) is 5.63. The minimum absolute atomic E-state index is 0.0998. The van der Waals surface area contributed by atoms with Gasteiger partial charge in [-0.15, -0.1) is 0 Å². The van der Waals surface area contributed by atoms with Crippen LogP contribution in [-0.2, 0) is 6.42 Å². The lowest BCUT2D eigenvalue weighted by Crippen LogP contribution is -2.26. The molecule has 2 atom stereocenters. The predicted octanol–water partition coefficient (Wildman–Crippen LogP) is 2.11. The Morgan fingerprint density at radius 3 is 2.88 bits per heavy atom. The first-order chi connectivity index (χ1) is 8.25. The molecule has 1 fully saturated rings. The monoisotopic (exact) mass is 232 g/mol. The third-order valence-corrected chi connectivity index (χ3v) is 3.73. The molecular formula is C14H16O3. The second-order valence-corrected chi connectivity index (χ2v) is 4.86. The van der Waals surface area contributed by atoms with Gasteiger partial charge in [0.1, 0.15) is 11.9 Å². The van der Waals surface area contributed by atoms with Crippen LogP contribution in [-0.4, -0.2) is 23.1 Å². The Morgan fingerprint density at radius 1 is 1.24 bits per heavy atom. The Bertz CT molecular complexity index is 453. The minimum atomic E-state index is -0.358. The fraction of sp³-hybridized carbons (Fsp3) is 0.500. The van der Waals surface area contributed by atoms with E-state index in [0.717, 1.165) is 42.6 Å². The van der Waals surface area contributed by atoms with Crippen molar-refractivity contribution in [1.82, 2.24) is 0 Å². The molecule has 0 aliphatic heterocycles. The third-order valence-electron chi connectivity index (χ3n) is 3.73. The Labute approximate surface area is 100 Å². The molecular weight excluding hydrogens is 216 g/mol. The molecule has 0 heterocycles. The van der Waals surface area contributed by atoms with Gasteiger partial charge in [0.25, 0.3) is 0 Å². The number of Topliss-reactive ketones (excluding diaryl/α,β-unsaturated/α-hetero) is 1. The zero-order chi connectivity index (χ0) is 11.8. The number of ketones is 1. The van der Waals surface area contributed by atoms with Crippen molar-refractivity contribution in [2.75, 3.05) is 0 Å². The fourth-order valence-electron chi connectivity index (χ4n) is 2.78. The summed E-state index contributed by atoms with van der Waals surface area (Å²) in [5.74, 6) is 0.997. The summed E-state index contributed by atoms with van der Waals surface area (Å²) >= 11 is 0. The highest BCUT2D eigenvalue weighted by Gasteiger charge is 2.29. The molecule has 0 radical (unpaired) electrons. The quantitative estimate of drug-likeness (QED) is 0.849. The van der Waals surface area contributed by atoms with Gasteiger partial charge in [-0.3, -0.25) is 4.79 Å². The van der Waals surface area contributed by atoms with Crippen LogP contribution in [0.15, 0.2) is 18.2 Å². The summed E-state index contributed by atoms with van der Waals surface area (Å²) in [5.41, 5.74) is 1.83. The Kier molecular flexibility index (Phi) is 2.63. The van der Waals surface area contributed by atoms with Crippen molar-refractivity contribution >= 4 is 5.78 Å². The fourth-order valence-corrected chi connectivity index (χ4v) is 2.78. The molecule has 3 heteroatoms. The summed E-state index contributed by atoms with van der Waals surface area (Å²) < 4.78 is 5.88. The maximum Gasteiger partial charge on any atom is 0.163 e. The van der Waals surface area contributed by atoms with Crippen LogP contribution in [0.3, 0.4) is 0 Å². The maximum absolute atomic E-state index is 11.6. The van der Waals surface area contributed by atoms with E-state index in [0.29, 0.717) is 6.42 Å². The molecule has 2 aliphatic rings. The summed E-state index contributed by atoms with van der Waals surface area (Å²) in [6.07, 6.45) is 3.63. The Morgan fingerprint density at radius 2 is 2.12 bits per heavy atom. The summed E-state index contributed by atoms with van der Waals surface area (Å²) in [4.78, 5) is 11.6. The van der Waals surface area contributed by atoms with Crippen LogP contribution in [0.5, 0.6) is 5.75 Å². The standard InChI is InChI=1S/C14H16O3/c15-11-8-7-10-9(11)3-1-5-13(10)17-14-6-2-4-12(14)16/h1,3,5,12,14,16H,2,4,6-8H2. The molecule has 2 aliphatic carbocycles. The lowest BCUT2D eigenvalue weighted by Gasteiger charge is -2.19. The zero-order valence-electron chi connectivity index (χ0n) is 9.69. The Hall–Kier alpha value is -1.35. The molecule has 1 aromatic carbocycles. The molecule has 0 aromatic heterocycles. The van der Waals surface area contributed by atoms with Crippen LogP contribution in [0.4, 0.5) is 0 Å². The summed E-state index contributed by atoms with van der Waals surface area (Å²) in [7, 11) is 0. The van der Waals surface area contributed by atoms with E-state index >= 15 is 0 Å². The molecule has 3 rings (SSSR count). The summed E-state index contributed by atoms with van der Waals surface area (Å²) in [6.45, 7) is 0. The van der Waals surface area contributed by atoms with Crippen LogP contribution in [0.25, 0.3) is 0 Å². The van der Waals surface area contributed by atoms with E-state index in [4.69, 9.17) is 4.74 Å². The molecule has 1 saturated carbocycles.